The van der Waals surface area contributed by atoms with E-state index in [1.54, 1.807) is 0 Å². The molecule has 4 rings (SSSR count). The Bertz CT molecular complexity index is 1470. The van der Waals surface area contributed by atoms with Crippen molar-refractivity contribution >= 4 is 12.1 Å². The Kier molecular flexibility index (Phi) is 13.9. The van der Waals surface area contributed by atoms with E-state index in [0.29, 0.717) is 52.1 Å². The van der Waals surface area contributed by atoms with Gasteiger partial charge in [0.15, 0.2) is 0 Å². The number of ether oxygens (including phenoxy) is 4. The average Bonchev–Trinajstić information content (AvgIpc) is 3.08. The molecule has 0 spiro atoms. The van der Waals surface area contributed by atoms with E-state index in [0.717, 1.165) is 33.8 Å². The topological polar surface area (TPSA) is 86.3 Å². The monoisotopic (exact) mass is 652 g/mol. The normalized spacial score (nSPS) is 11.9. The van der Waals surface area contributed by atoms with E-state index in [4.69, 9.17) is 18.9 Å². The largest absolute Gasteiger partial charge is 0.489 e. The summed E-state index contributed by atoms with van der Waals surface area (Å²) in [4.78, 5) is 27.5. The minimum atomic E-state index is -0.561. The third kappa shape index (κ3) is 12.8. The van der Waals surface area contributed by atoms with Gasteiger partial charge in [0.25, 0.3) is 0 Å². The van der Waals surface area contributed by atoms with E-state index in [2.05, 4.69) is 10.2 Å². The fourth-order valence-corrected chi connectivity index (χ4v) is 5.25. The zero-order valence-corrected chi connectivity index (χ0v) is 28.5. The van der Waals surface area contributed by atoms with Crippen LogP contribution in [0.25, 0.3) is 0 Å². The molecule has 0 aliphatic carbocycles. The molecule has 1 N–H and O–H groups in total. The third-order valence-corrected chi connectivity index (χ3v) is 7.55. The highest BCUT2D eigenvalue weighted by Crippen LogP contribution is 2.24. The molecule has 0 saturated heterocycles. The van der Waals surface area contributed by atoms with Crippen molar-refractivity contribution in [3.63, 3.8) is 0 Å². The number of unbranched alkanes of at least 4 members (excludes halogenated alkanes) is 1. The number of nitrogens with zero attached hydrogens (tertiary/aromatic N) is 1. The predicted octanol–water partition coefficient (Wildman–Crippen LogP) is 8.08. The number of nitrogens with one attached hydrogen (secondary N) is 1. The van der Waals surface area contributed by atoms with E-state index in [1.807, 2.05) is 130 Å². The molecule has 1 amide bonds. The summed E-state index contributed by atoms with van der Waals surface area (Å²) in [6.45, 7) is 7.86. The van der Waals surface area contributed by atoms with E-state index in [-0.39, 0.29) is 5.97 Å². The Balaban J connectivity index is 1.48. The molecule has 1 atom stereocenters. The zero-order chi connectivity index (χ0) is 34.2. The number of amides is 1. The molecule has 0 bridgehead atoms. The Morgan fingerprint density at radius 3 is 1.67 bits per heavy atom. The molecule has 0 saturated carbocycles. The number of carbonyl (C=O) groups excluding carboxylic acids is 2. The maximum atomic E-state index is 13.3. The first-order valence-electron chi connectivity index (χ1n) is 16.5. The van der Waals surface area contributed by atoms with Crippen LogP contribution in [-0.4, -0.2) is 42.3 Å². The summed E-state index contributed by atoms with van der Waals surface area (Å²) in [7, 11) is 1.42. The van der Waals surface area contributed by atoms with E-state index in [1.165, 1.54) is 7.11 Å². The molecule has 8 heteroatoms. The lowest BCUT2D eigenvalue weighted by Crippen LogP contribution is -2.41. The van der Waals surface area contributed by atoms with Gasteiger partial charge in [0.1, 0.15) is 36.4 Å². The van der Waals surface area contributed by atoms with Gasteiger partial charge in [-0.2, -0.15) is 0 Å². The van der Waals surface area contributed by atoms with Gasteiger partial charge in [0.2, 0.25) is 0 Å². The highest BCUT2D eigenvalue weighted by atomic mass is 16.6. The fourth-order valence-electron chi connectivity index (χ4n) is 5.25. The van der Waals surface area contributed by atoms with Crippen LogP contribution in [0.4, 0.5) is 4.79 Å². The molecule has 4 aromatic carbocycles. The third-order valence-electron chi connectivity index (χ3n) is 7.55. The van der Waals surface area contributed by atoms with Gasteiger partial charge in [-0.1, -0.05) is 84.9 Å². The van der Waals surface area contributed by atoms with E-state index < -0.39 is 17.7 Å². The number of alkyl carbamates (subject to hydrolysis) is 1. The molecule has 48 heavy (non-hydrogen) atoms. The number of rotatable bonds is 17. The lowest BCUT2D eigenvalue weighted by atomic mass is 10.0. The van der Waals surface area contributed by atoms with E-state index in [9.17, 15) is 9.59 Å². The van der Waals surface area contributed by atoms with Gasteiger partial charge < -0.3 is 24.3 Å². The van der Waals surface area contributed by atoms with Crippen LogP contribution in [0.5, 0.6) is 11.5 Å². The smallest absolute Gasteiger partial charge is 0.407 e. The van der Waals surface area contributed by atoms with Gasteiger partial charge in [-0.05, 0) is 86.6 Å². The number of hydrogen-bond donors (Lipinski definition) is 1. The number of esters is 1. The summed E-state index contributed by atoms with van der Waals surface area (Å²) in [5, 5.41) is 2.81. The number of benzene rings is 4. The predicted molar refractivity (Wildman–Crippen MR) is 188 cm³/mol. The minimum Gasteiger partial charge on any atom is -0.489 e. The Labute approximate surface area is 285 Å². The van der Waals surface area contributed by atoms with Gasteiger partial charge in [-0.25, -0.2) is 4.79 Å². The van der Waals surface area contributed by atoms with Crippen LogP contribution in [-0.2, 0) is 40.6 Å². The maximum absolute atomic E-state index is 13.3. The Hall–Kier alpha value is -4.82. The van der Waals surface area contributed by atoms with Crippen molar-refractivity contribution in [1.82, 2.24) is 10.2 Å². The lowest BCUT2D eigenvalue weighted by molar-refractivity contribution is -0.148. The average molecular weight is 653 g/mol. The van der Waals surface area contributed by atoms with Crippen molar-refractivity contribution in [1.29, 1.82) is 0 Å². The van der Waals surface area contributed by atoms with Crippen LogP contribution in [0.2, 0.25) is 0 Å². The quantitative estimate of drug-likeness (QED) is 0.0912. The zero-order valence-electron chi connectivity index (χ0n) is 28.5. The molecule has 0 aliphatic heterocycles. The van der Waals surface area contributed by atoms with Crippen LogP contribution in [0.15, 0.2) is 109 Å². The van der Waals surface area contributed by atoms with Gasteiger partial charge in [-0.15, -0.1) is 0 Å². The highest BCUT2D eigenvalue weighted by molar-refractivity contribution is 5.75. The van der Waals surface area contributed by atoms with Gasteiger partial charge in [0.05, 0.1) is 7.11 Å². The first-order chi connectivity index (χ1) is 23.2. The fraction of sp³-hybridized carbons (Fsp3) is 0.350. The molecule has 4 aromatic rings. The van der Waals surface area contributed by atoms with Crippen LogP contribution < -0.4 is 14.8 Å². The van der Waals surface area contributed by atoms with E-state index >= 15 is 0 Å². The van der Waals surface area contributed by atoms with Crippen LogP contribution in [0.1, 0.15) is 62.3 Å². The Morgan fingerprint density at radius 1 is 0.688 bits per heavy atom. The van der Waals surface area contributed by atoms with Gasteiger partial charge >= 0.3 is 12.1 Å². The van der Waals surface area contributed by atoms with Crippen molar-refractivity contribution in [2.75, 3.05) is 13.7 Å². The molecule has 8 nitrogen and oxygen atoms in total. The molecule has 254 valence electrons. The second-order valence-corrected chi connectivity index (χ2v) is 12.7. The number of methoxy groups -OCH3 is 1. The van der Waals surface area contributed by atoms with Crippen molar-refractivity contribution in [3.8, 4) is 11.5 Å². The maximum Gasteiger partial charge on any atom is 0.407 e. The summed E-state index contributed by atoms with van der Waals surface area (Å²) in [5.74, 6) is 1.22. The standard InChI is InChI=1S/C40H48N2O6/c1-40(2,3)48-39(44)41-24-12-11-23-37(38(43)45-4)42(27-33-19-13-21-35(25-33)46-29-31-15-7-5-8-16-31)28-34-20-14-22-36(26-34)47-30-32-17-9-6-10-18-32/h5-10,13-22,25-26,37H,11-12,23-24,27-30H2,1-4H3,(H,41,44)/t37-/m0/s1. The second-order valence-electron chi connectivity index (χ2n) is 12.7. The Morgan fingerprint density at radius 2 is 1.19 bits per heavy atom. The molecular formula is C40H48N2O6. The van der Waals surface area contributed by atoms with Crippen molar-refractivity contribution in [2.24, 2.45) is 0 Å². The number of carbonyl (C=O) groups is 2. The molecule has 0 aromatic heterocycles. The number of hydrogen-bond acceptors (Lipinski definition) is 7. The summed E-state index contributed by atoms with van der Waals surface area (Å²) < 4.78 is 22.9. The second kappa shape index (κ2) is 18.5. The summed E-state index contributed by atoms with van der Waals surface area (Å²) in [5.41, 5.74) is 3.64. The summed E-state index contributed by atoms with van der Waals surface area (Å²) >= 11 is 0. The van der Waals surface area contributed by atoms with Crippen LogP contribution in [0.3, 0.4) is 0 Å². The van der Waals surface area contributed by atoms with Crippen molar-refractivity contribution in [2.45, 2.75) is 78.0 Å². The lowest BCUT2D eigenvalue weighted by Gasteiger charge is -2.30. The first-order valence-corrected chi connectivity index (χ1v) is 16.5. The van der Waals surface area contributed by atoms with Crippen molar-refractivity contribution in [3.05, 3.63) is 131 Å². The highest BCUT2D eigenvalue weighted by Gasteiger charge is 2.27. The molecule has 0 fully saturated rings. The summed E-state index contributed by atoms with van der Waals surface area (Å²) in [6, 6.07) is 35.5. The van der Waals surface area contributed by atoms with Gasteiger partial charge in [0, 0.05) is 19.6 Å². The molecule has 0 aliphatic rings. The SMILES string of the molecule is COC(=O)[C@H](CCCCNC(=O)OC(C)(C)C)N(Cc1cccc(OCc2ccccc2)c1)Cc1cccc(OCc2ccccc2)c1. The van der Waals surface area contributed by atoms with Gasteiger partial charge in [-0.3, -0.25) is 9.69 Å². The minimum absolute atomic E-state index is 0.303. The molecule has 0 heterocycles. The molecule has 0 unspecified atom stereocenters. The first kappa shape index (κ1) is 36.0. The summed E-state index contributed by atoms with van der Waals surface area (Å²) in [6.07, 6.45) is 1.49. The van der Waals surface area contributed by atoms with Crippen LogP contribution in [0, 0.1) is 0 Å². The molecule has 0 radical (unpaired) electrons. The molecular weight excluding hydrogens is 604 g/mol. The van der Waals surface area contributed by atoms with Crippen LogP contribution >= 0.6 is 0 Å². The van der Waals surface area contributed by atoms with Crippen molar-refractivity contribution < 1.29 is 28.5 Å².